The molecular weight excluding hydrogens is 342 g/mol. The minimum atomic E-state index is -0.165. The molecule has 0 aliphatic rings. The van der Waals surface area contributed by atoms with E-state index in [9.17, 15) is 4.79 Å². The number of halogens is 1. The number of alkyl halides is 1. The minimum absolute atomic E-state index is 0.0885. The Morgan fingerprint density at radius 2 is 2.21 bits per heavy atom. The van der Waals surface area contributed by atoms with E-state index >= 15 is 0 Å². The highest BCUT2D eigenvalue weighted by Gasteiger charge is 2.21. The number of thiazole rings is 1. The molecule has 4 nitrogen and oxygen atoms in total. The highest BCUT2D eigenvalue weighted by Crippen LogP contribution is 2.31. The lowest BCUT2D eigenvalue weighted by atomic mass is 10.1. The second-order valence-corrected chi connectivity index (χ2v) is 7.35. The van der Waals surface area contributed by atoms with E-state index in [1.54, 1.807) is 17.0 Å². The Morgan fingerprint density at radius 1 is 1.46 bits per heavy atom. The second kappa shape index (κ2) is 8.27. The number of hydrogen-bond acceptors (Lipinski definition) is 4. The average Bonchev–Trinajstić information content (AvgIpc) is 2.91. The first-order valence-corrected chi connectivity index (χ1v) is 9.11. The van der Waals surface area contributed by atoms with E-state index in [0.717, 1.165) is 27.7 Å². The van der Waals surface area contributed by atoms with Crippen LogP contribution in [0.4, 0.5) is 5.00 Å². The van der Waals surface area contributed by atoms with E-state index in [4.69, 9.17) is 16.9 Å². The fourth-order valence-corrected chi connectivity index (χ4v) is 3.83. The molecule has 0 unspecified atom stereocenters. The van der Waals surface area contributed by atoms with Crippen molar-refractivity contribution in [3.8, 4) is 6.07 Å². The lowest BCUT2D eigenvalue weighted by Gasteiger charge is -2.21. The number of hydrogen-bond donors (Lipinski definition) is 0. The summed E-state index contributed by atoms with van der Waals surface area (Å²) in [5, 5.41) is 10.9. The Kier molecular flexibility index (Phi) is 6.36. The number of anilines is 1. The van der Waals surface area contributed by atoms with Crippen LogP contribution in [0, 0.1) is 24.2 Å². The van der Waals surface area contributed by atoms with E-state index in [1.807, 2.05) is 19.1 Å². The molecule has 2 aromatic rings. The van der Waals surface area contributed by atoms with Gasteiger partial charge >= 0.3 is 0 Å². The zero-order valence-corrected chi connectivity index (χ0v) is 15.6. The minimum Gasteiger partial charge on any atom is -0.297 e. The zero-order valence-electron chi connectivity index (χ0n) is 14.0. The summed E-state index contributed by atoms with van der Waals surface area (Å²) >= 11 is 7.34. The van der Waals surface area contributed by atoms with Crippen LogP contribution in [0.25, 0.3) is 0 Å². The Balaban J connectivity index is 2.33. The van der Waals surface area contributed by atoms with Gasteiger partial charge in [-0.3, -0.25) is 9.69 Å². The molecule has 0 aliphatic carbocycles. The van der Waals surface area contributed by atoms with Gasteiger partial charge in [-0.05, 0) is 30.5 Å². The van der Waals surface area contributed by atoms with E-state index in [-0.39, 0.29) is 11.8 Å². The van der Waals surface area contributed by atoms with Crippen LogP contribution in [0.5, 0.6) is 0 Å². The Labute approximate surface area is 151 Å². The van der Waals surface area contributed by atoms with Crippen LogP contribution in [0.2, 0.25) is 0 Å². The predicted molar refractivity (Wildman–Crippen MR) is 98.5 cm³/mol. The Hall–Kier alpha value is -1.90. The third-order valence-electron chi connectivity index (χ3n) is 3.46. The Morgan fingerprint density at radius 3 is 2.83 bits per heavy atom. The Bertz CT molecular complexity index is 764. The van der Waals surface area contributed by atoms with Crippen LogP contribution < -0.4 is 4.90 Å². The van der Waals surface area contributed by atoms with Gasteiger partial charge in [0, 0.05) is 6.42 Å². The van der Waals surface area contributed by atoms with Crippen LogP contribution >= 0.6 is 22.9 Å². The number of nitriles is 1. The summed E-state index contributed by atoms with van der Waals surface area (Å²) in [6.45, 7) is 6.58. The molecule has 2 rings (SSSR count). The number of carbonyl (C=O) groups excluding carboxylic acids is 1. The molecule has 0 spiro atoms. The molecule has 126 valence electrons. The van der Waals surface area contributed by atoms with E-state index in [1.165, 1.54) is 11.3 Å². The third kappa shape index (κ3) is 4.56. The number of benzene rings is 1. The molecule has 1 amide bonds. The molecule has 6 heteroatoms. The predicted octanol–water partition coefficient (Wildman–Crippen LogP) is 4.29. The second-order valence-electron chi connectivity index (χ2n) is 6.02. The monoisotopic (exact) mass is 361 g/mol. The smallest absolute Gasteiger partial charge is 0.242 e. The van der Waals surface area contributed by atoms with Crippen LogP contribution in [0.15, 0.2) is 24.3 Å². The first-order valence-electron chi connectivity index (χ1n) is 7.76. The van der Waals surface area contributed by atoms with Crippen molar-refractivity contribution in [3.05, 3.63) is 46.1 Å². The zero-order chi connectivity index (χ0) is 17.7. The van der Waals surface area contributed by atoms with Crippen molar-refractivity contribution in [2.45, 2.75) is 33.7 Å². The maximum atomic E-state index is 12.4. The lowest BCUT2D eigenvalue weighted by Crippen LogP contribution is -2.31. The summed E-state index contributed by atoms with van der Waals surface area (Å²) in [6.07, 6.45) is 0.887. The van der Waals surface area contributed by atoms with Crippen molar-refractivity contribution in [1.82, 2.24) is 4.98 Å². The summed E-state index contributed by atoms with van der Waals surface area (Å²) in [6, 6.07) is 9.38. The maximum absolute atomic E-state index is 12.4. The number of amides is 1. The standard InChI is InChI=1S/C18H20ClN3OS/c1-12(2)7-16-21-13(3)18(24-16)22(17(23)9-19)11-15-6-4-5-14(8-15)10-20/h4-6,8,12H,7,9,11H2,1-3H3. The van der Waals surface area contributed by atoms with Crippen LogP contribution in [-0.2, 0) is 17.8 Å². The number of aryl methyl sites for hydroxylation is 1. The van der Waals surface area contributed by atoms with Gasteiger partial charge in [-0.15, -0.1) is 22.9 Å². The molecule has 1 aromatic heterocycles. The van der Waals surface area contributed by atoms with Gasteiger partial charge in [0.1, 0.15) is 10.9 Å². The van der Waals surface area contributed by atoms with Gasteiger partial charge in [-0.1, -0.05) is 26.0 Å². The van der Waals surface area contributed by atoms with Gasteiger partial charge < -0.3 is 0 Å². The summed E-state index contributed by atoms with van der Waals surface area (Å²) in [7, 11) is 0. The molecule has 0 fully saturated rings. The number of carbonyl (C=O) groups is 1. The van der Waals surface area contributed by atoms with Crippen molar-refractivity contribution >= 4 is 33.8 Å². The highest BCUT2D eigenvalue weighted by molar-refractivity contribution is 7.16. The maximum Gasteiger partial charge on any atom is 0.242 e. The average molecular weight is 362 g/mol. The normalized spacial score (nSPS) is 10.7. The fourth-order valence-electron chi connectivity index (χ4n) is 2.40. The van der Waals surface area contributed by atoms with Gasteiger partial charge in [0.05, 0.1) is 28.9 Å². The summed E-state index contributed by atoms with van der Waals surface area (Å²) < 4.78 is 0. The van der Waals surface area contributed by atoms with E-state index in [2.05, 4.69) is 24.9 Å². The van der Waals surface area contributed by atoms with Gasteiger partial charge in [0.2, 0.25) is 5.91 Å². The molecule has 24 heavy (non-hydrogen) atoms. The quantitative estimate of drug-likeness (QED) is 0.721. The molecule has 0 bridgehead atoms. The number of aromatic nitrogens is 1. The molecule has 0 saturated carbocycles. The summed E-state index contributed by atoms with van der Waals surface area (Å²) in [5.41, 5.74) is 2.31. The lowest BCUT2D eigenvalue weighted by molar-refractivity contribution is -0.116. The first kappa shape index (κ1) is 18.4. The molecular formula is C18H20ClN3OS. The van der Waals surface area contributed by atoms with Gasteiger partial charge in [-0.25, -0.2) is 4.98 Å². The van der Waals surface area contributed by atoms with Crippen molar-refractivity contribution in [1.29, 1.82) is 5.26 Å². The fraction of sp³-hybridized carbons (Fsp3) is 0.389. The van der Waals surface area contributed by atoms with Crippen molar-refractivity contribution < 1.29 is 4.79 Å². The summed E-state index contributed by atoms with van der Waals surface area (Å²) in [5.74, 6) is 0.254. The van der Waals surface area contributed by atoms with Crippen LogP contribution in [0.1, 0.15) is 35.7 Å². The molecule has 0 aliphatic heterocycles. The van der Waals surface area contributed by atoms with Crippen molar-refractivity contribution in [2.24, 2.45) is 5.92 Å². The van der Waals surface area contributed by atoms with Crippen LogP contribution in [-0.4, -0.2) is 16.8 Å². The molecule has 1 heterocycles. The largest absolute Gasteiger partial charge is 0.297 e. The van der Waals surface area contributed by atoms with Gasteiger partial charge in [0.15, 0.2) is 0 Å². The summed E-state index contributed by atoms with van der Waals surface area (Å²) in [4.78, 5) is 18.6. The molecule has 1 aromatic carbocycles. The highest BCUT2D eigenvalue weighted by atomic mass is 35.5. The number of rotatable bonds is 6. The SMILES string of the molecule is Cc1nc(CC(C)C)sc1N(Cc1cccc(C#N)c1)C(=O)CCl. The van der Waals surface area contributed by atoms with Crippen LogP contribution in [0.3, 0.4) is 0 Å². The topological polar surface area (TPSA) is 57.0 Å². The third-order valence-corrected chi connectivity index (χ3v) is 4.89. The van der Waals surface area contributed by atoms with Crippen molar-refractivity contribution in [2.75, 3.05) is 10.8 Å². The molecule has 0 radical (unpaired) electrons. The molecule has 0 N–H and O–H groups in total. The molecule has 0 atom stereocenters. The molecule has 0 saturated heterocycles. The van der Waals surface area contributed by atoms with Gasteiger partial charge in [0.25, 0.3) is 0 Å². The number of nitrogens with zero attached hydrogens (tertiary/aromatic N) is 3. The van der Waals surface area contributed by atoms with E-state index in [0.29, 0.717) is 18.0 Å². The van der Waals surface area contributed by atoms with Gasteiger partial charge in [-0.2, -0.15) is 5.26 Å². The van der Waals surface area contributed by atoms with E-state index < -0.39 is 0 Å². The first-order chi connectivity index (χ1) is 11.4. The van der Waals surface area contributed by atoms with Crippen molar-refractivity contribution in [3.63, 3.8) is 0 Å².